The number of aromatic nitrogens is 2. The van der Waals surface area contributed by atoms with Crippen molar-refractivity contribution >= 4 is 17.5 Å². The van der Waals surface area contributed by atoms with E-state index in [4.69, 9.17) is 20.5 Å². The molecule has 152 valence electrons. The lowest BCUT2D eigenvalue weighted by atomic mass is 9.97. The van der Waals surface area contributed by atoms with Crippen molar-refractivity contribution < 1.29 is 13.7 Å². The molecule has 1 aliphatic rings. The summed E-state index contributed by atoms with van der Waals surface area (Å²) in [7, 11) is 0. The summed E-state index contributed by atoms with van der Waals surface area (Å²) in [6.07, 6.45) is 4.28. The lowest BCUT2D eigenvalue weighted by Crippen LogP contribution is -2.39. The molecular weight excluding hydrogens is 390 g/mol. The molecule has 1 fully saturated rings. The fraction of sp³-hybridized carbons (Fsp3) is 0.409. The molecule has 29 heavy (non-hydrogen) atoms. The highest BCUT2D eigenvalue weighted by atomic mass is 35.5. The number of likely N-dealkylation sites (tertiary alicyclic amines) is 1. The van der Waals surface area contributed by atoms with E-state index in [1.807, 2.05) is 43.0 Å². The van der Waals surface area contributed by atoms with Crippen molar-refractivity contribution in [2.24, 2.45) is 0 Å². The minimum atomic E-state index is -0.123. The van der Waals surface area contributed by atoms with E-state index in [2.05, 4.69) is 10.1 Å². The predicted octanol–water partition coefficient (Wildman–Crippen LogP) is 5.05. The van der Waals surface area contributed by atoms with Gasteiger partial charge in [-0.25, -0.2) is 4.98 Å². The van der Waals surface area contributed by atoms with Gasteiger partial charge < -0.3 is 13.8 Å². The molecule has 0 spiro atoms. The lowest BCUT2D eigenvalue weighted by molar-refractivity contribution is 0.0656. The number of oxazole rings is 1. The minimum Gasteiger partial charge on any atom is -0.445 e. The van der Waals surface area contributed by atoms with Gasteiger partial charge in [-0.05, 0) is 36.5 Å². The number of carbonyl (C=O) groups excluding carboxylic acids is 1. The highest BCUT2D eigenvalue weighted by Gasteiger charge is 2.30. The average Bonchev–Trinajstić information content (AvgIpc) is 3.39. The Hall–Kier alpha value is -2.60. The Labute approximate surface area is 174 Å². The maximum atomic E-state index is 12.8. The molecule has 0 radical (unpaired) electrons. The van der Waals surface area contributed by atoms with E-state index in [1.54, 1.807) is 12.3 Å². The van der Waals surface area contributed by atoms with Gasteiger partial charge in [0, 0.05) is 30.6 Å². The molecule has 6 nitrogen and oxygen atoms in total. The first-order chi connectivity index (χ1) is 14.0. The predicted molar refractivity (Wildman–Crippen MR) is 109 cm³/mol. The van der Waals surface area contributed by atoms with Gasteiger partial charge in [-0.1, -0.05) is 42.7 Å². The fourth-order valence-corrected chi connectivity index (χ4v) is 3.70. The van der Waals surface area contributed by atoms with Crippen LogP contribution in [0, 0.1) is 0 Å². The number of hydrogen-bond donors (Lipinski definition) is 0. The molecule has 1 atom stereocenters. The third-order valence-electron chi connectivity index (χ3n) is 5.25. The molecule has 0 bridgehead atoms. The zero-order valence-electron chi connectivity index (χ0n) is 16.6. The van der Waals surface area contributed by atoms with Gasteiger partial charge >= 0.3 is 0 Å². The molecule has 1 aromatic carbocycles. The number of halogens is 1. The summed E-state index contributed by atoms with van der Waals surface area (Å²) in [5.74, 6) is 1.97. The van der Waals surface area contributed by atoms with E-state index in [9.17, 15) is 4.79 Å². The number of benzene rings is 1. The molecule has 1 amide bonds. The summed E-state index contributed by atoms with van der Waals surface area (Å²) < 4.78 is 11.3. The number of rotatable bonds is 5. The maximum Gasteiger partial charge on any atom is 0.292 e. The van der Waals surface area contributed by atoms with Gasteiger partial charge in [0.25, 0.3) is 5.91 Å². The van der Waals surface area contributed by atoms with Gasteiger partial charge in [0.05, 0.1) is 17.8 Å². The monoisotopic (exact) mass is 413 g/mol. The number of carbonyl (C=O) groups is 1. The van der Waals surface area contributed by atoms with Crippen molar-refractivity contribution in [2.45, 2.75) is 44.9 Å². The number of nitrogens with zero attached hydrogens (tertiary/aromatic N) is 3. The van der Waals surface area contributed by atoms with Crippen LogP contribution in [0.5, 0.6) is 0 Å². The van der Waals surface area contributed by atoms with Crippen LogP contribution < -0.4 is 0 Å². The summed E-state index contributed by atoms with van der Waals surface area (Å²) in [5, 5.41) is 4.71. The molecule has 0 aliphatic carbocycles. The molecule has 0 unspecified atom stereocenters. The molecule has 2 aromatic heterocycles. The van der Waals surface area contributed by atoms with Crippen LogP contribution in [-0.2, 0) is 6.42 Å². The summed E-state index contributed by atoms with van der Waals surface area (Å²) in [4.78, 5) is 19.1. The Balaban J connectivity index is 1.42. The van der Waals surface area contributed by atoms with Crippen molar-refractivity contribution in [2.75, 3.05) is 13.1 Å². The van der Waals surface area contributed by atoms with Gasteiger partial charge in [0.15, 0.2) is 5.89 Å². The summed E-state index contributed by atoms with van der Waals surface area (Å²) in [6, 6.07) is 9.44. The first kappa shape index (κ1) is 19.7. The maximum absolute atomic E-state index is 12.8. The van der Waals surface area contributed by atoms with Gasteiger partial charge in [-0.3, -0.25) is 4.79 Å². The molecular formula is C22H24ClN3O3. The highest BCUT2D eigenvalue weighted by Crippen LogP contribution is 2.28. The van der Waals surface area contributed by atoms with E-state index in [-0.39, 0.29) is 17.7 Å². The summed E-state index contributed by atoms with van der Waals surface area (Å²) in [5.41, 5.74) is 1.91. The fourth-order valence-electron chi connectivity index (χ4n) is 3.58. The second kappa shape index (κ2) is 8.41. The Morgan fingerprint density at radius 3 is 2.83 bits per heavy atom. The van der Waals surface area contributed by atoms with Crippen LogP contribution in [0.15, 0.2) is 45.5 Å². The van der Waals surface area contributed by atoms with Gasteiger partial charge in [-0.15, -0.1) is 0 Å². The van der Waals surface area contributed by atoms with Crippen LogP contribution in [0.25, 0.3) is 0 Å². The summed E-state index contributed by atoms with van der Waals surface area (Å²) >= 11 is 5.94. The van der Waals surface area contributed by atoms with Crippen LogP contribution >= 0.6 is 11.6 Å². The Morgan fingerprint density at radius 2 is 2.10 bits per heavy atom. The van der Waals surface area contributed by atoms with Crippen LogP contribution in [0.4, 0.5) is 0 Å². The topological polar surface area (TPSA) is 72.4 Å². The number of hydrogen-bond acceptors (Lipinski definition) is 5. The first-order valence-corrected chi connectivity index (χ1v) is 10.3. The minimum absolute atomic E-state index is 0.0826. The van der Waals surface area contributed by atoms with Gasteiger partial charge in [0.1, 0.15) is 5.76 Å². The van der Waals surface area contributed by atoms with Crippen molar-refractivity contribution in [3.63, 3.8) is 0 Å². The molecule has 4 rings (SSSR count). The van der Waals surface area contributed by atoms with Crippen LogP contribution in [0.3, 0.4) is 0 Å². The lowest BCUT2D eigenvalue weighted by Gasteiger charge is -2.30. The normalized spacial score (nSPS) is 17.1. The number of piperidine rings is 1. The third kappa shape index (κ3) is 4.53. The molecule has 1 aliphatic heterocycles. The van der Waals surface area contributed by atoms with E-state index in [0.717, 1.165) is 29.9 Å². The van der Waals surface area contributed by atoms with Crippen molar-refractivity contribution in [3.05, 3.63) is 70.2 Å². The van der Waals surface area contributed by atoms with E-state index in [0.29, 0.717) is 36.2 Å². The van der Waals surface area contributed by atoms with Gasteiger partial charge in [0.2, 0.25) is 5.76 Å². The smallest absolute Gasteiger partial charge is 0.292 e. The number of amides is 1. The Bertz CT molecular complexity index is 977. The molecule has 1 saturated heterocycles. The van der Waals surface area contributed by atoms with Crippen molar-refractivity contribution in [1.29, 1.82) is 0 Å². The largest absolute Gasteiger partial charge is 0.445 e. The van der Waals surface area contributed by atoms with Crippen LogP contribution in [-0.4, -0.2) is 34.0 Å². The Kier molecular flexibility index (Phi) is 5.72. The molecule has 7 heteroatoms. The standard InChI is InChI=1S/C22H24ClN3O3/c1-14(2)19-11-20(29-25-19)22(27)26-9-3-4-16(13-26)21-24-12-18(28-21)10-15-5-7-17(23)8-6-15/h5-8,11-12,14,16H,3-4,9-10,13H2,1-2H3/t16-/m0/s1. The molecule has 3 heterocycles. The van der Waals surface area contributed by atoms with Crippen LogP contribution in [0.2, 0.25) is 5.02 Å². The van der Waals surface area contributed by atoms with E-state index < -0.39 is 0 Å². The third-order valence-corrected chi connectivity index (χ3v) is 5.50. The van der Waals surface area contributed by atoms with Gasteiger partial charge in [-0.2, -0.15) is 0 Å². The van der Waals surface area contributed by atoms with E-state index in [1.165, 1.54) is 0 Å². The van der Waals surface area contributed by atoms with E-state index >= 15 is 0 Å². The zero-order valence-corrected chi connectivity index (χ0v) is 17.4. The molecule has 0 saturated carbocycles. The zero-order chi connectivity index (χ0) is 20.4. The second-order valence-corrected chi connectivity index (χ2v) is 8.27. The van der Waals surface area contributed by atoms with Crippen molar-refractivity contribution in [3.8, 4) is 0 Å². The quantitative estimate of drug-likeness (QED) is 0.585. The van der Waals surface area contributed by atoms with Crippen molar-refractivity contribution in [1.82, 2.24) is 15.0 Å². The molecule has 0 N–H and O–H groups in total. The van der Waals surface area contributed by atoms with Crippen LogP contribution in [0.1, 0.15) is 72.0 Å². The summed E-state index contributed by atoms with van der Waals surface area (Å²) in [6.45, 7) is 5.31. The Morgan fingerprint density at radius 1 is 1.31 bits per heavy atom. The average molecular weight is 414 g/mol. The highest BCUT2D eigenvalue weighted by molar-refractivity contribution is 6.30. The first-order valence-electron chi connectivity index (χ1n) is 9.94. The SMILES string of the molecule is CC(C)c1cc(C(=O)N2CCC[C@H](c3ncc(Cc4ccc(Cl)cc4)o3)C2)on1. The molecule has 3 aromatic rings. The second-order valence-electron chi connectivity index (χ2n) is 7.83.